The van der Waals surface area contributed by atoms with E-state index in [-0.39, 0.29) is 0 Å². The summed E-state index contributed by atoms with van der Waals surface area (Å²) in [6.07, 6.45) is 4.09. The zero-order valence-electron chi connectivity index (χ0n) is 13.9. The predicted octanol–water partition coefficient (Wildman–Crippen LogP) is 2.63. The summed E-state index contributed by atoms with van der Waals surface area (Å²) < 4.78 is 13.2. The number of hydrogen-bond acceptors (Lipinski definition) is 5. The standard InChI is InChI=1S/C18H24FN5/c19-16-6-5-8-18(22-16)24-14-12-23(13-15-24)11-4-3-10-21-17-7-1-2-9-20-17/h1-2,5-9H,3-4,10-15H2,(H,20,21). The van der Waals surface area contributed by atoms with E-state index in [9.17, 15) is 4.39 Å². The molecule has 0 aliphatic carbocycles. The summed E-state index contributed by atoms with van der Waals surface area (Å²) in [4.78, 5) is 12.8. The second kappa shape index (κ2) is 8.59. The van der Waals surface area contributed by atoms with E-state index in [0.717, 1.165) is 63.7 Å². The Morgan fingerprint density at radius 3 is 2.62 bits per heavy atom. The molecule has 0 atom stereocenters. The van der Waals surface area contributed by atoms with Gasteiger partial charge in [-0.05, 0) is 43.7 Å². The molecule has 128 valence electrons. The van der Waals surface area contributed by atoms with Gasteiger partial charge >= 0.3 is 0 Å². The number of pyridine rings is 2. The molecule has 1 saturated heterocycles. The topological polar surface area (TPSA) is 44.3 Å². The summed E-state index contributed by atoms with van der Waals surface area (Å²) in [6.45, 7) is 5.88. The molecule has 1 N–H and O–H groups in total. The Morgan fingerprint density at radius 1 is 1.00 bits per heavy atom. The van der Waals surface area contributed by atoms with Crippen LogP contribution in [0.3, 0.4) is 0 Å². The summed E-state index contributed by atoms with van der Waals surface area (Å²) >= 11 is 0. The van der Waals surface area contributed by atoms with Crippen molar-refractivity contribution in [3.63, 3.8) is 0 Å². The maximum atomic E-state index is 13.2. The fourth-order valence-corrected chi connectivity index (χ4v) is 2.92. The first kappa shape index (κ1) is 16.6. The minimum atomic E-state index is -0.407. The largest absolute Gasteiger partial charge is 0.370 e. The van der Waals surface area contributed by atoms with Crippen molar-refractivity contribution in [1.29, 1.82) is 0 Å². The highest BCUT2D eigenvalue weighted by molar-refractivity contribution is 5.38. The van der Waals surface area contributed by atoms with Gasteiger partial charge in [0, 0.05) is 38.9 Å². The van der Waals surface area contributed by atoms with E-state index in [0.29, 0.717) is 0 Å². The fraction of sp³-hybridized carbons (Fsp3) is 0.444. The Labute approximate surface area is 142 Å². The van der Waals surface area contributed by atoms with E-state index in [2.05, 4.69) is 25.1 Å². The maximum Gasteiger partial charge on any atom is 0.214 e. The van der Waals surface area contributed by atoms with Crippen LogP contribution in [0.25, 0.3) is 0 Å². The number of aromatic nitrogens is 2. The lowest BCUT2D eigenvalue weighted by Gasteiger charge is -2.35. The average molecular weight is 329 g/mol. The first-order valence-corrected chi connectivity index (χ1v) is 8.56. The molecule has 24 heavy (non-hydrogen) atoms. The van der Waals surface area contributed by atoms with Crippen LogP contribution >= 0.6 is 0 Å². The molecule has 1 aliphatic heterocycles. The predicted molar refractivity (Wildman–Crippen MR) is 94.8 cm³/mol. The normalized spacial score (nSPS) is 15.5. The van der Waals surface area contributed by atoms with Crippen LogP contribution in [0.2, 0.25) is 0 Å². The van der Waals surface area contributed by atoms with Crippen LogP contribution < -0.4 is 10.2 Å². The smallest absolute Gasteiger partial charge is 0.214 e. The number of unbranched alkanes of at least 4 members (excludes halogenated alkanes) is 1. The highest BCUT2D eigenvalue weighted by Crippen LogP contribution is 2.14. The third-order valence-electron chi connectivity index (χ3n) is 4.27. The summed E-state index contributed by atoms with van der Waals surface area (Å²) in [5.74, 6) is 1.28. The molecule has 0 aromatic carbocycles. The van der Waals surface area contributed by atoms with Gasteiger partial charge in [0.25, 0.3) is 0 Å². The number of nitrogens with zero attached hydrogens (tertiary/aromatic N) is 4. The van der Waals surface area contributed by atoms with Crippen LogP contribution in [0, 0.1) is 5.95 Å². The molecule has 0 bridgehead atoms. The molecule has 6 heteroatoms. The van der Waals surface area contributed by atoms with E-state index in [4.69, 9.17) is 0 Å². The van der Waals surface area contributed by atoms with Crippen molar-refractivity contribution in [3.8, 4) is 0 Å². The molecular formula is C18H24FN5. The third-order valence-corrected chi connectivity index (χ3v) is 4.27. The van der Waals surface area contributed by atoms with E-state index in [1.807, 2.05) is 24.3 Å². The Bertz CT molecular complexity index is 614. The van der Waals surface area contributed by atoms with Gasteiger partial charge in [0.1, 0.15) is 11.6 Å². The van der Waals surface area contributed by atoms with Crippen LogP contribution in [-0.4, -0.2) is 54.1 Å². The third kappa shape index (κ3) is 4.89. The monoisotopic (exact) mass is 329 g/mol. The fourth-order valence-electron chi connectivity index (χ4n) is 2.92. The van der Waals surface area contributed by atoms with E-state index in [1.165, 1.54) is 6.07 Å². The van der Waals surface area contributed by atoms with Crippen molar-refractivity contribution >= 4 is 11.6 Å². The Morgan fingerprint density at radius 2 is 1.88 bits per heavy atom. The average Bonchev–Trinajstić information content (AvgIpc) is 2.63. The minimum Gasteiger partial charge on any atom is -0.370 e. The molecule has 5 nitrogen and oxygen atoms in total. The van der Waals surface area contributed by atoms with Crippen LogP contribution in [0.5, 0.6) is 0 Å². The van der Waals surface area contributed by atoms with Gasteiger partial charge in [0.05, 0.1) is 0 Å². The van der Waals surface area contributed by atoms with Gasteiger partial charge in [-0.25, -0.2) is 9.97 Å². The maximum absolute atomic E-state index is 13.2. The number of piperazine rings is 1. The van der Waals surface area contributed by atoms with Gasteiger partial charge in [0.2, 0.25) is 5.95 Å². The minimum absolute atomic E-state index is 0.407. The van der Waals surface area contributed by atoms with Gasteiger partial charge in [-0.15, -0.1) is 0 Å². The quantitative estimate of drug-likeness (QED) is 0.625. The lowest BCUT2D eigenvalue weighted by Crippen LogP contribution is -2.47. The first-order valence-electron chi connectivity index (χ1n) is 8.56. The van der Waals surface area contributed by atoms with E-state index in [1.54, 1.807) is 12.3 Å². The van der Waals surface area contributed by atoms with Gasteiger partial charge < -0.3 is 10.2 Å². The van der Waals surface area contributed by atoms with Gasteiger partial charge in [-0.1, -0.05) is 12.1 Å². The van der Waals surface area contributed by atoms with Gasteiger partial charge in [0.15, 0.2) is 0 Å². The molecule has 0 unspecified atom stereocenters. The molecule has 0 amide bonds. The Kier molecular flexibility index (Phi) is 5.96. The van der Waals surface area contributed by atoms with Crippen LogP contribution in [-0.2, 0) is 0 Å². The Balaban J connectivity index is 1.31. The molecular weight excluding hydrogens is 305 g/mol. The lowest BCUT2D eigenvalue weighted by atomic mass is 10.2. The number of nitrogens with one attached hydrogen (secondary N) is 1. The SMILES string of the molecule is Fc1cccc(N2CCN(CCCCNc3ccccn3)CC2)n1. The Hall–Kier alpha value is -2.21. The molecule has 0 spiro atoms. The van der Waals surface area contributed by atoms with Crippen LogP contribution in [0.4, 0.5) is 16.0 Å². The molecule has 2 aromatic heterocycles. The number of hydrogen-bond donors (Lipinski definition) is 1. The van der Waals surface area contributed by atoms with Gasteiger partial charge in [-0.2, -0.15) is 4.39 Å². The highest BCUT2D eigenvalue weighted by Gasteiger charge is 2.17. The molecule has 3 heterocycles. The molecule has 3 rings (SSSR count). The van der Waals surface area contributed by atoms with E-state index < -0.39 is 5.95 Å². The summed E-state index contributed by atoms with van der Waals surface area (Å²) in [5, 5.41) is 3.33. The lowest BCUT2D eigenvalue weighted by molar-refractivity contribution is 0.253. The molecule has 0 saturated carbocycles. The zero-order chi connectivity index (χ0) is 16.6. The van der Waals surface area contributed by atoms with Crippen LogP contribution in [0.15, 0.2) is 42.6 Å². The molecule has 0 radical (unpaired) electrons. The summed E-state index contributed by atoms with van der Waals surface area (Å²) in [7, 11) is 0. The molecule has 1 fully saturated rings. The van der Waals surface area contributed by atoms with Crippen molar-refractivity contribution in [2.75, 3.05) is 49.5 Å². The zero-order valence-corrected chi connectivity index (χ0v) is 13.9. The van der Waals surface area contributed by atoms with Crippen molar-refractivity contribution in [1.82, 2.24) is 14.9 Å². The summed E-state index contributed by atoms with van der Waals surface area (Å²) in [5.41, 5.74) is 0. The second-order valence-electron chi connectivity index (χ2n) is 6.00. The number of anilines is 2. The highest BCUT2D eigenvalue weighted by atomic mass is 19.1. The van der Waals surface area contributed by atoms with Gasteiger partial charge in [-0.3, -0.25) is 4.90 Å². The summed E-state index contributed by atoms with van der Waals surface area (Å²) in [6, 6.07) is 10.9. The molecule has 2 aromatic rings. The first-order chi connectivity index (χ1) is 11.8. The van der Waals surface area contributed by atoms with Crippen molar-refractivity contribution in [2.24, 2.45) is 0 Å². The van der Waals surface area contributed by atoms with Crippen molar-refractivity contribution in [2.45, 2.75) is 12.8 Å². The second-order valence-corrected chi connectivity index (χ2v) is 6.00. The van der Waals surface area contributed by atoms with E-state index >= 15 is 0 Å². The molecule has 1 aliphatic rings. The van der Waals surface area contributed by atoms with Crippen molar-refractivity contribution < 1.29 is 4.39 Å². The number of halogens is 1. The van der Waals surface area contributed by atoms with Crippen molar-refractivity contribution in [3.05, 3.63) is 48.5 Å². The number of rotatable bonds is 7. The van der Waals surface area contributed by atoms with Crippen LogP contribution in [0.1, 0.15) is 12.8 Å².